The van der Waals surface area contributed by atoms with E-state index < -0.39 is 230 Å². The molecule has 0 aliphatic heterocycles. The fourth-order valence-corrected chi connectivity index (χ4v) is 8.40. The maximum absolute atomic E-state index is 13.8. The lowest BCUT2D eigenvalue weighted by molar-refractivity contribution is -0.144. The largest absolute Gasteiger partial charge is 0.481 e. The minimum absolute atomic E-state index is 0.0612. The molecule has 0 heterocycles. The van der Waals surface area contributed by atoms with Crippen LogP contribution in [0.3, 0.4) is 0 Å². The van der Waals surface area contributed by atoms with Crippen molar-refractivity contribution < 1.29 is 102 Å². The average molecular weight is 1320 g/mol. The van der Waals surface area contributed by atoms with Crippen LogP contribution in [0.2, 0.25) is 0 Å². The highest BCUT2D eigenvalue weighted by molar-refractivity contribution is 6.00. The second kappa shape index (κ2) is 41.7. The van der Waals surface area contributed by atoms with Gasteiger partial charge >= 0.3 is 17.9 Å². The minimum Gasteiger partial charge on any atom is -0.481 e. The third-order valence-corrected chi connectivity index (χ3v) is 13.8. The van der Waals surface area contributed by atoms with Gasteiger partial charge in [-0.15, -0.1) is 0 Å². The summed E-state index contributed by atoms with van der Waals surface area (Å²) in [6.45, 7) is 14.4. The van der Waals surface area contributed by atoms with E-state index in [1.54, 1.807) is 27.7 Å². The molecule has 36 nitrogen and oxygen atoms in total. The number of hydrogen-bond donors (Lipinski definition) is 20. The predicted molar refractivity (Wildman–Crippen MR) is 324 cm³/mol. The molecule has 12 atom stereocenters. The molecule has 0 radical (unpaired) electrons. The number of carboxylic acids is 3. The van der Waals surface area contributed by atoms with Crippen LogP contribution in [-0.2, 0) is 76.7 Å². The summed E-state index contributed by atoms with van der Waals surface area (Å²) in [6.07, 6.45) is -3.91. The first-order chi connectivity index (χ1) is 42.7. The van der Waals surface area contributed by atoms with E-state index in [0.29, 0.717) is 12.8 Å². The lowest BCUT2D eigenvalue weighted by atomic mass is 9.99. The molecule has 522 valence electrons. The van der Waals surface area contributed by atoms with Gasteiger partial charge < -0.3 is 107 Å². The van der Waals surface area contributed by atoms with E-state index in [0.717, 1.165) is 6.92 Å². The first kappa shape index (κ1) is 83.4. The van der Waals surface area contributed by atoms with Crippen LogP contribution in [0.5, 0.6) is 0 Å². The Hall–Kier alpha value is -8.64. The van der Waals surface area contributed by atoms with E-state index >= 15 is 0 Å². The number of primary amides is 1. The molecule has 0 bridgehead atoms. The van der Waals surface area contributed by atoms with Crippen molar-refractivity contribution in [1.29, 1.82) is 0 Å². The fourth-order valence-electron chi connectivity index (χ4n) is 8.40. The van der Waals surface area contributed by atoms with Crippen LogP contribution < -0.4 is 81.0 Å². The number of hydrogen-bond acceptors (Lipinski definition) is 20. The molecule has 0 rings (SSSR count). The van der Waals surface area contributed by atoms with Crippen LogP contribution in [0.25, 0.3) is 0 Å². The van der Waals surface area contributed by atoms with Crippen molar-refractivity contribution in [3.8, 4) is 0 Å². The second-order valence-electron chi connectivity index (χ2n) is 23.7. The van der Waals surface area contributed by atoms with Crippen LogP contribution >= 0.6 is 0 Å². The van der Waals surface area contributed by atoms with Crippen LogP contribution in [0.1, 0.15) is 128 Å². The van der Waals surface area contributed by atoms with Crippen LogP contribution in [0.15, 0.2) is 0 Å². The van der Waals surface area contributed by atoms with Crippen molar-refractivity contribution in [2.75, 3.05) is 26.2 Å². The number of amides is 13. The van der Waals surface area contributed by atoms with Gasteiger partial charge in [-0.25, -0.2) is 4.79 Å². The summed E-state index contributed by atoms with van der Waals surface area (Å²) >= 11 is 0. The SMILES string of the molecule is CC(C)C[C@H](NC(=O)[C@@H](N)C(C)C)C(=O)N[C@@H](CCCCN)C(=O)N[C@H](C(=O)NCC(=O)NCC(=O)N[C@H](C(=O)N[C@@H](CO)C(=O)N[C@@H](CC(=O)O)C(=O)N[C@H](C(=O)N[C@@H](CCC(=O)O)C(=O)N[C@H](C(=O)N[C@@H](CC(N)=O)C(=O)O)C(C)C)C(C)C)[C@@H](C)O)C(C)C. The van der Waals surface area contributed by atoms with E-state index in [2.05, 4.69) is 53.2 Å². The molecule has 92 heavy (non-hydrogen) atoms. The normalized spacial score (nSPS) is 15.2. The zero-order valence-electron chi connectivity index (χ0n) is 53.8. The van der Waals surface area contributed by atoms with Crippen molar-refractivity contribution in [3.05, 3.63) is 0 Å². The molecule has 13 amide bonds. The fraction of sp³-hybridized carbons (Fsp3) is 0.714. The van der Waals surface area contributed by atoms with Crippen molar-refractivity contribution in [3.63, 3.8) is 0 Å². The topological polar surface area (TPSA) is 597 Å². The van der Waals surface area contributed by atoms with Gasteiger partial charge in [0.15, 0.2) is 0 Å². The van der Waals surface area contributed by atoms with Gasteiger partial charge in [0.1, 0.15) is 60.4 Å². The van der Waals surface area contributed by atoms with Crippen LogP contribution in [0, 0.1) is 29.6 Å². The number of unbranched alkanes of at least 4 members (excludes halogenated alkanes) is 1. The number of carbonyl (C=O) groups excluding carboxylic acids is 13. The highest BCUT2D eigenvalue weighted by Gasteiger charge is 2.38. The molecular formula is C56H97N15O21. The summed E-state index contributed by atoms with van der Waals surface area (Å²) in [5, 5.41) is 76.7. The van der Waals surface area contributed by atoms with Gasteiger partial charge in [-0.3, -0.25) is 71.9 Å². The number of carboxylic acid groups (broad SMARTS) is 3. The monoisotopic (exact) mass is 1320 g/mol. The molecule has 0 aliphatic rings. The molecule has 0 saturated heterocycles. The summed E-state index contributed by atoms with van der Waals surface area (Å²) in [6, 6.07) is -17.2. The first-order valence-corrected chi connectivity index (χ1v) is 30.0. The molecule has 0 saturated carbocycles. The van der Waals surface area contributed by atoms with Gasteiger partial charge in [0.05, 0.1) is 44.7 Å². The number of aliphatic carboxylic acids is 3. The Labute approximate surface area is 532 Å². The smallest absolute Gasteiger partial charge is 0.326 e. The Morgan fingerprint density at radius 2 is 0.815 bits per heavy atom. The van der Waals surface area contributed by atoms with E-state index in [-0.39, 0.29) is 31.2 Å². The predicted octanol–water partition coefficient (Wildman–Crippen LogP) is -7.13. The molecule has 0 spiro atoms. The highest BCUT2D eigenvalue weighted by atomic mass is 16.4. The molecule has 36 heteroatoms. The second-order valence-corrected chi connectivity index (χ2v) is 23.7. The zero-order valence-corrected chi connectivity index (χ0v) is 53.8. The summed E-state index contributed by atoms with van der Waals surface area (Å²) in [5.41, 5.74) is 16.8. The Morgan fingerprint density at radius 3 is 1.25 bits per heavy atom. The molecule has 0 fully saturated rings. The molecule has 0 aromatic rings. The Kier molecular flexibility index (Phi) is 37.8. The Bertz CT molecular complexity index is 2590. The molecule has 0 aliphatic carbocycles. The first-order valence-electron chi connectivity index (χ1n) is 30.0. The lowest BCUT2D eigenvalue weighted by Crippen LogP contribution is -2.62. The lowest BCUT2D eigenvalue weighted by Gasteiger charge is -2.29. The molecule has 0 unspecified atom stereocenters. The van der Waals surface area contributed by atoms with Gasteiger partial charge in [0.25, 0.3) is 0 Å². The van der Waals surface area contributed by atoms with Gasteiger partial charge in [-0.2, -0.15) is 0 Å². The maximum atomic E-state index is 13.8. The van der Waals surface area contributed by atoms with E-state index in [4.69, 9.17) is 17.2 Å². The average Bonchev–Trinajstić information content (AvgIpc) is 0.900. The summed E-state index contributed by atoms with van der Waals surface area (Å²) < 4.78 is 0. The third kappa shape index (κ3) is 31.4. The Balaban J connectivity index is 6.13. The summed E-state index contributed by atoms with van der Waals surface area (Å²) in [5.74, 6) is -20.8. The molecule has 0 aromatic heterocycles. The van der Waals surface area contributed by atoms with E-state index in [1.165, 1.54) is 27.7 Å². The van der Waals surface area contributed by atoms with E-state index in [9.17, 15) is 102 Å². The van der Waals surface area contributed by atoms with Gasteiger partial charge in [0, 0.05) is 6.42 Å². The third-order valence-electron chi connectivity index (χ3n) is 13.8. The summed E-state index contributed by atoms with van der Waals surface area (Å²) in [7, 11) is 0. The van der Waals surface area contributed by atoms with Crippen molar-refractivity contribution in [2.24, 2.45) is 46.8 Å². The number of carbonyl (C=O) groups is 16. The van der Waals surface area contributed by atoms with E-state index in [1.807, 2.05) is 24.5 Å². The van der Waals surface area contributed by atoms with Crippen LogP contribution in [-0.4, -0.2) is 219 Å². The van der Waals surface area contributed by atoms with Gasteiger partial charge in [-0.05, 0) is 75.2 Å². The highest BCUT2D eigenvalue weighted by Crippen LogP contribution is 2.13. The van der Waals surface area contributed by atoms with Crippen LogP contribution in [0.4, 0.5) is 0 Å². The Morgan fingerprint density at radius 1 is 0.402 bits per heavy atom. The zero-order chi connectivity index (χ0) is 71.0. The number of nitrogens with two attached hydrogens (primary N) is 3. The standard InChI is InChI=1S/C56H97N15O21/c1-24(2)18-32(65-51(86)41(59)25(3)4)48(83)62-30(14-12-13-17-57)46(81)69-42(26(5)6)52(87)61-21-37(75)60-22-38(76)68-45(29(11)73)55(90)67-35(23-72)50(85)64-33(20-40(79)80)49(84)71-43(27(7)8)53(88)63-31(15-16-39(77)78)47(82)70-44(28(9)10)54(89)66-34(56(91)92)19-36(58)74/h24-35,41-45,72-73H,12-23,57,59H2,1-11H3,(H2,58,74)(H,60,75)(H,61,87)(H,62,83)(H,63,88)(H,64,85)(H,65,86)(H,66,89)(H,67,90)(H,68,76)(H,69,81)(H,70,82)(H,71,84)(H,77,78)(H,79,80)(H,91,92)/t29-,30+,31+,32+,33+,34+,35+,41+,42+,43+,44+,45+/m1/s1. The molecule has 0 aromatic carbocycles. The molecular weight excluding hydrogens is 1220 g/mol. The maximum Gasteiger partial charge on any atom is 0.326 e. The number of nitrogens with one attached hydrogen (secondary N) is 12. The van der Waals surface area contributed by atoms with Gasteiger partial charge in [-0.1, -0.05) is 69.2 Å². The van der Waals surface area contributed by atoms with Gasteiger partial charge in [0.2, 0.25) is 76.8 Å². The van der Waals surface area contributed by atoms with Crippen molar-refractivity contribution in [1.82, 2.24) is 63.8 Å². The number of aliphatic hydroxyl groups is 2. The molecule has 23 N–H and O–H groups in total. The minimum atomic E-state index is -2.08. The quantitative estimate of drug-likeness (QED) is 0.0252. The number of aliphatic hydroxyl groups excluding tert-OH is 2. The van der Waals surface area contributed by atoms with Crippen molar-refractivity contribution >= 4 is 94.7 Å². The number of rotatable bonds is 44. The summed E-state index contributed by atoms with van der Waals surface area (Å²) in [4.78, 5) is 207. The van der Waals surface area contributed by atoms with Crippen molar-refractivity contribution in [2.45, 2.75) is 200 Å².